The number of nitrogens with zero attached hydrogens (tertiary/aromatic N) is 4. The van der Waals surface area contributed by atoms with Crippen molar-refractivity contribution in [1.29, 1.82) is 0 Å². The van der Waals surface area contributed by atoms with Crippen molar-refractivity contribution in [2.24, 2.45) is 0 Å². The molecule has 3 heterocycles. The molecule has 5 rings (SSSR count). The molecule has 36 heavy (non-hydrogen) atoms. The maximum atomic E-state index is 12.2. The van der Waals surface area contributed by atoms with E-state index in [0.29, 0.717) is 0 Å². The molecular weight excluding hydrogens is 454 g/mol. The number of carboxylic acid groups (broad SMARTS) is 1. The molecule has 0 spiro atoms. The Kier molecular flexibility index (Phi) is 5.82. The lowest BCUT2D eigenvalue weighted by molar-refractivity contribution is 0.0530. The lowest BCUT2D eigenvalue weighted by atomic mass is 9.83. The minimum absolute atomic E-state index is 0.0633. The fraction of sp³-hybridized carbons (Fsp3) is 0.464. The number of aromatic amines is 1. The maximum absolute atomic E-state index is 12.2. The van der Waals surface area contributed by atoms with E-state index in [2.05, 4.69) is 14.4 Å². The van der Waals surface area contributed by atoms with Gasteiger partial charge in [0.1, 0.15) is 5.82 Å². The zero-order valence-corrected chi connectivity index (χ0v) is 21.6. The summed E-state index contributed by atoms with van der Waals surface area (Å²) in [5, 5.41) is 20.4. The van der Waals surface area contributed by atoms with Crippen molar-refractivity contribution >= 4 is 22.8 Å². The number of amides is 1. The summed E-state index contributed by atoms with van der Waals surface area (Å²) in [5.74, 6) is 1.06. The van der Waals surface area contributed by atoms with Gasteiger partial charge >= 0.3 is 6.09 Å². The molecule has 1 fully saturated rings. The molecule has 1 aromatic carbocycles. The van der Waals surface area contributed by atoms with Gasteiger partial charge in [-0.05, 0) is 65.5 Å². The molecular formula is C28H35N5O3. The quantitative estimate of drug-likeness (QED) is 0.330. The number of aliphatic hydroxyl groups is 1. The second-order valence-electron chi connectivity index (χ2n) is 11.5. The molecule has 0 bridgehead atoms. The van der Waals surface area contributed by atoms with Gasteiger partial charge in [-0.2, -0.15) is 0 Å². The van der Waals surface area contributed by atoms with Gasteiger partial charge in [0.25, 0.3) is 0 Å². The molecule has 1 aliphatic rings. The van der Waals surface area contributed by atoms with Gasteiger partial charge in [-0.1, -0.05) is 30.7 Å². The fourth-order valence-corrected chi connectivity index (χ4v) is 5.73. The van der Waals surface area contributed by atoms with Gasteiger partial charge in [-0.3, -0.25) is 4.40 Å². The number of carbonyl (C=O) groups is 1. The molecule has 8 heteroatoms. The van der Waals surface area contributed by atoms with E-state index in [9.17, 15) is 15.0 Å². The third-order valence-corrected chi connectivity index (χ3v) is 7.37. The summed E-state index contributed by atoms with van der Waals surface area (Å²) in [6.45, 7) is 9.42. The Balaban J connectivity index is 1.62. The third kappa shape index (κ3) is 4.23. The summed E-state index contributed by atoms with van der Waals surface area (Å²) in [7, 11) is 0. The van der Waals surface area contributed by atoms with Gasteiger partial charge in [-0.15, -0.1) is 0 Å². The summed E-state index contributed by atoms with van der Waals surface area (Å²) in [4.78, 5) is 26.8. The van der Waals surface area contributed by atoms with E-state index in [0.717, 1.165) is 65.0 Å². The molecule has 1 aliphatic carbocycles. The number of fused-ring (bicyclic) bond motifs is 3. The van der Waals surface area contributed by atoms with Crippen LogP contribution >= 0.6 is 0 Å². The number of hydrogen-bond acceptors (Lipinski definition) is 4. The molecule has 0 unspecified atom stereocenters. The number of hydrogen-bond donors (Lipinski definition) is 3. The van der Waals surface area contributed by atoms with Crippen molar-refractivity contribution in [1.82, 2.24) is 24.3 Å². The van der Waals surface area contributed by atoms with E-state index in [1.165, 1.54) is 0 Å². The van der Waals surface area contributed by atoms with Crippen LogP contribution in [0.15, 0.2) is 42.7 Å². The van der Waals surface area contributed by atoms with Crippen LogP contribution in [0.2, 0.25) is 0 Å². The highest BCUT2D eigenvalue weighted by Gasteiger charge is 2.38. The average molecular weight is 490 g/mol. The molecule has 8 nitrogen and oxygen atoms in total. The van der Waals surface area contributed by atoms with Crippen molar-refractivity contribution in [3.05, 3.63) is 54.1 Å². The highest BCUT2D eigenvalue weighted by Crippen LogP contribution is 2.40. The lowest BCUT2D eigenvalue weighted by Gasteiger charge is -2.43. The van der Waals surface area contributed by atoms with Crippen LogP contribution in [0.5, 0.6) is 0 Å². The predicted octanol–water partition coefficient (Wildman–Crippen LogP) is 5.91. The number of benzene rings is 1. The van der Waals surface area contributed by atoms with E-state index in [4.69, 9.17) is 4.98 Å². The number of imidazole rings is 1. The first-order valence-corrected chi connectivity index (χ1v) is 12.6. The van der Waals surface area contributed by atoms with E-state index >= 15 is 0 Å². The zero-order valence-electron chi connectivity index (χ0n) is 21.6. The first kappa shape index (κ1) is 24.3. The van der Waals surface area contributed by atoms with Gasteiger partial charge < -0.3 is 20.1 Å². The van der Waals surface area contributed by atoms with Crippen molar-refractivity contribution in [3.8, 4) is 11.3 Å². The van der Waals surface area contributed by atoms with Gasteiger partial charge in [0.15, 0.2) is 5.65 Å². The second-order valence-corrected chi connectivity index (χ2v) is 11.5. The number of aromatic nitrogens is 4. The monoisotopic (exact) mass is 489 g/mol. The Labute approximate surface area is 211 Å². The largest absolute Gasteiger partial charge is 0.465 e. The fourth-order valence-electron chi connectivity index (χ4n) is 5.73. The van der Waals surface area contributed by atoms with Crippen LogP contribution in [0, 0.1) is 0 Å². The van der Waals surface area contributed by atoms with Crippen molar-refractivity contribution < 1.29 is 15.0 Å². The van der Waals surface area contributed by atoms with Gasteiger partial charge in [0.05, 0.1) is 28.5 Å². The number of nitrogens with one attached hydrogen (secondary N) is 1. The van der Waals surface area contributed by atoms with Crippen LogP contribution in [-0.4, -0.2) is 52.1 Å². The molecule has 1 saturated carbocycles. The lowest BCUT2D eigenvalue weighted by Crippen LogP contribution is -2.52. The minimum atomic E-state index is -0.918. The maximum Gasteiger partial charge on any atom is 0.407 e. The Morgan fingerprint density at radius 2 is 1.81 bits per heavy atom. The topological polar surface area (TPSA) is 107 Å². The normalized spacial score (nSPS) is 19.2. The van der Waals surface area contributed by atoms with Crippen LogP contribution in [0.1, 0.15) is 77.6 Å². The molecule has 0 aliphatic heterocycles. The Morgan fingerprint density at radius 3 is 2.44 bits per heavy atom. The first-order chi connectivity index (χ1) is 16.9. The highest BCUT2D eigenvalue weighted by molar-refractivity contribution is 5.84. The average Bonchev–Trinajstić information content (AvgIpc) is 3.42. The highest BCUT2D eigenvalue weighted by atomic mass is 16.4. The van der Waals surface area contributed by atoms with Crippen LogP contribution in [0.3, 0.4) is 0 Å². The molecule has 4 aromatic rings. The summed E-state index contributed by atoms with van der Waals surface area (Å²) >= 11 is 0. The first-order valence-electron chi connectivity index (χ1n) is 12.6. The molecule has 190 valence electrons. The van der Waals surface area contributed by atoms with Gasteiger partial charge in [0.2, 0.25) is 0 Å². The predicted molar refractivity (Wildman–Crippen MR) is 140 cm³/mol. The minimum Gasteiger partial charge on any atom is -0.465 e. The Morgan fingerprint density at radius 1 is 1.08 bits per heavy atom. The van der Waals surface area contributed by atoms with E-state index in [1.807, 2.05) is 63.5 Å². The summed E-state index contributed by atoms with van der Waals surface area (Å²) in [6, 6.07) is 9.82. The summed E-state index contributed by atoms with van der Waals surface area (Å²) in [6.07, 6.45) is 6.36. The zero-order chi connectivity index (χ0) is 25.8. The van der Waals surface area contributed by atoms with E-state index in [1.54, 1.807) is 18.7 Å². The number of rotatable bonds is 4. The van der Waals surface area contributed by atoms with Crippen LogP contribution < -0.4 is 0 Å². The van der Waals surface area contributed by atoms with Crippen molar-refractivity contribution in [2.45, 2.75) is 83.4 Å². The van der Waals surface area contributed by atoms with E-state index in [-0.39, 0.29) is 12.0 Å². The van der Waals surface area contributed by atoms with Crippen LogP contribution in [-0.2, 0) is 5.60 Å². The summed E-state index contributed by atoms with van der Waals surface area (Å²) in [5.41, 5.74) is 3.92. The standard InChI is InChI=1S/C28H35N5O3/c1-27(2,3)33(26(34)35)20-8-6-7-18(15-20)25-31-23(17-9-11-19(12-10-17)28(4,5)36)22-16-30-24-21(32(22)25)13-14-29-24/h9-14,16,18,20,29,36H,6-8,15H2,1-5H3,(H,34,35)/t18-,20-/m1/s1. The smallest absolute Gasteiger partial charge is 0.407 e. The molecule has 3 N–H and O–H groups in total. The molecule has 0 radical (unpaired) electrons. The molecule has 1 amide bonds. The molecule has 3 aromatic heterocycles. The van der Waals surface area contributed by atoms with E-state index < -0.39 is 17.2 Å². The Hall–Kier alpha value is -3.39. The van der Waals surface area contributed by atoms with Gasteiger partial charge in [0, 0.05) is 29.3 Å². The van der Waals surface area contributed by atoms with Crippen molar-refractivity contribution in [3.63, 3.8) is 0 Å². The van der Waals surface area contributed by atoms with Crippen LogP contribution in [0.4, 0.5) is 4.79 Å². The molecule has 0 saturated heterocycles. The summed E-state index contributed by atoms with van der Waals surface area (Å²) < 4.78 is 2.19. The second kappa shape index (κ2) is 8.62. The van der Waals surface area contributed by atoms with Crippen molar-refractivity contribution in [2.75, 3.05) is 0 Å². The SMILES string of the molecule is CC(C)(O)c1ccc(-c2nc([C@@H]3CCC[C@@H](N(C(=O)O)C(C)(C)C)C3)n3c2cnc2[nH]ccc23)cc1. The van der Waals surface area contributed by atoms with Gasteiger partial charge in [-0.25, -0.2) is 14.8 Å². The van der Waals surface area contributed by atoms with Crippen LogP contribution in [0.25, 0.3) is 27.9 Å². The third-order valence-electron chi connectivity index (χ3n) is 7.37. The Bertz CT molecular complexity index is 1410. The molecule has 2 atom stereocenters. The number of H-pyrrole nitrogens is 1.